The summed E-state index contributed by atoms with van der Waals surface area (Å²) in [6, 6.07) is 4.65. The van der Waals surface area contributed by atoms with Gasteiger partial charge in [0, 0.05) is 5.56 Å². The minimum Gasteiger partial charge on any atom is -0.480 e. The molecule has 1 aromatic rings. The molecule has 1 saturated carbocycles. The second-order valence-electron chi connectivity index (χ2n) is 6.16. The van der Waals surface area contributed by atoms with Crippen LogP contribution in [0.2, 0.25) is 0 Å². The Kier molecular flexibility index (Phi) is 5.09. The maximum Gasteiger partial charge on any atom is 0.326 e. The number of hydrogen-bond acceptors (Lipinski definition) is 4. The first-order valence-electron chi connectivity index (χ1n) is 7.59. The van der Waals surface area contributed by atoms with Gasteiger partial charge in [-0.05, 0) is 50.5 Å². The van der Waals surface area contributed by atoms with Gasteiger partial charge in [0.2, 0.25) is 0 Å². The maximum absolute atomic E-state index is 12.1. The van der Waals surface area contributed by atoms with Crippen LogP contribution >= 0.6 is 0 Å². The van der Waals surface area contributed by atoms with Gasteiger partial charge in [-0.3, -0.25) is 4.79 Å². The van der Waals surface area contributed by atoms with Crippen LogP contribution in [0.5, 0.6) is 0 Å². The molecule has 1 aromatic carbocycles. The monoisotopic (exact) mass is 339 g/mol. The van der Waals surface area contributed by atoms with Crippen LogP contribution in [0, 0.1) is 5.92 Å². The van der Waals surface area contributed by atoms with E-state index in [0.29, 0.717) is 12.3 Å². The Morgan fingerprint density at radius 3 is 2.22 bits per heavy atom. The molecule has 23 heavy (non-hydrogen) atoms. The number of amides is 1. The summed E-state index contributed by atoms with van der Waals surface area (Å²) in [5.41, 5.74) is 0.245. The highest BCUT2D eigenvalue weighted by Crippen LogP contribution is 2.33. The van der Waals surface area contributed by atoms with Crippen LogP contribution in [-0.2, 0) is 14.6 Å². The van der Waals surface area contributed by atoms with Crippen LogP contribution in [0.4, 0.5) is 0 Å². The number of hydrogen-bond donors (Lipinski definition) is 2. The SMILES string of the molecule is CC(C)S(=O)(=O)c1ccc(C(=O)NC(CC2CC2)C(=O)O)cc1. The fourth-order valence-electron chi connectivity index (χ4n) is 2.22. The summed E-state index contributed by atoms with van der Waals surface area (Å²) in [5.74, 6) is -1.19. The number of rotatable bonds is 7. The smallest absolute Gasteiger partial charge is 0.326 e. The Hall–Kier alpha value is -1.89. The zero-order valence-electron chi connectivity index (χ0n) is 13.2. The average Bonchev–Trinajstić information content (AvgIpc) is 3.30. The number of carboxylic acid groups (broad SMARTS) is 1. The quantitative estimate of drug-likeness (QED) is 0.789. The maximum atomic E-state index is 12.1. The summed E-state index contributed by atoms with van der Waals surface area (Å²) in [6.07, 6.45) is 2.43. The summed E-state index contributed by atoms with van der Waals surface area (Å²) in [7, 11) is -3.39. The van der Waals surface area contributed by atoms with Gasteiger partial charge in [0.05, 0.1) is 10.1 Å². The molecule has 0 bridgehead atoms. The van der Waals surface area contributed by atoms with Crippen LogP contribution in [-0.4, -0.2) is 36.7 Å². The summed E-state index contributed by atoms with van der Waals surface area (Å²) < 4.78 is 24.1. The standard InChI is InChI=1S/C16H21NO5S/c1-10(2)23(21,22)13-7-5-12(6-8-13)15(18)17-14(16(19)20)9-11-3-4-11/h5-8,10-11,14H,3-4,9H2,1-2H3,(H,17,18)(H,19,20). The molecule has 0 saturated heterocycles. The van der Waals surface area contributed by atoms with Crippen molar-refractivity contribution in [3.05, 3.63) is 29.8 Å². The molecule has 0 heterocycles. The molecule has 1 atom stereocenters. The van der Waals surface area contributed by atoms with E-state index in [0.717, 1.165) is 12.8 Å². The molecule has 0 radical (unpaired) electrons. The highest BCUT2D eigenvalue weighted by molar-refractivity contribution is 7.92. The number of sulfone groups is 1. The molecule has 126 valence electrons. The molecule has 2 rings (SSSR count). The number of carbonyl (C=O) groups is 2. The van der Waals surface area contributed by atoms with Gasteiger partial charge in [-0.2, -0.15) is 0 Å². The molecule has 0 spiro atoms. The van der Waals surface area contributed by atoms with E-state index in [1.807, 2.05) is 0 Å². The van der Waals surface area contributed by atoms with Gasteiger partial charge in [-0.1, -0.05) is 12.8 Å². The van der Waals surface area contributed by atoms with Crippen molar-refractivity contribution in [3.8, 4) is 0 Å². The van der Waals surface area contributed by atoms with Crippen LogP contribution in [0.15, 0.2) is 29.2 Å². The van der Waals surface area contributed by atoms with Gasteiger partial charge in [0.15, 0.2) is 9.84 Å². The van der Waals surface area contributed by atoms with Crippen LogP contribution < -0.4 is 5.32 Å². The summed E-state index contributed by atoms with van der Waals surface area (Å²) in [5, 5.41) is 11.1. The Bertz CT molecular complexity index is 690. The van der Waals surface area contributed by atoms with E-state index in [4.69, 9.17) is 5.11 Å². The van der Waals surface area contributed by atoms with Crippen molar-refractivity contribution in [2.75, 3.05) is 0 Å². The Morgan fingerprint density at radius 1 is 1.22 bits per heavy atom. The second-order valence-corrected chi connectivity index (χ2v) is 8.67. The molecule has 1 aliphatic carbocycles. The Morgan fingerprint density at radius 2 is 1.78 bits per heavy atom. The van der Waals surface area contributed by atoms with Crippen molar-refractivity contribution in [2.24, 2.45) is 5.92 Å². The highest BCUT2D eigenvalue weighted by Gasteiger charge is 2.30. The largest absolute Gasteiger partial charge is 0.480 e. The normalized spacial score (nSPS) is 16.1. The highest BCUT2D eigenvalue weighted by atomic mass is 32.2. The van der Waals surface area contributed by atoms with Crippen LogP contribution in [0.25, 0.3) is 0 Å². The van der Waals surface area contributed by atoms with Crippen molar-refractivity contribution in [1.29, 1.82) is 0 Å². The van der Waals surface area contributed by atoms with Crippen molar-refractivity contribution in [1.82, 2.24) is 5.32 Å². The van der Waals surface area contributed by atoms with Gasteiger partial charge >= 0.3 is 5.97 Å². The first kappa shape index (κ1) is 17.5. The van der Waals surface area contributed by atoms with Gasteiger partial charge < -0.3 is 10.4 Å². The van der Waals surface area contributed by atoms with Gasteiger partial charge in [0.1, 0.15) is 6.04 Å². The molecule has 1 fully saturated rings. The molecule has 1 aliphatic rings. The number of benzene rings is 1. The molecule has 1 amide bonds. The lowest BCUT2D eigenvalue weighted by Gasteiger charge is -2.14. The van der Waals surface area contributed by atoms with Gasteiger partial charge in [-0.15, -0.1) is 0 Å². The predicted octanol–water partition coefficient (Wildman–Crippen LogP) is 1.85. The minimum absolute atomic E-state index is 0.150. The third-order valence-corrected chi connectivity index (χ3v) is 6.11. The second kappa shape index (κ2) is 6.70. The summed E-state index contributed by atoms with van der Waals surface area (Å²) in [4.78, 5) is 23.5. The fraction of sp³-hybridized carbons (Fsp3) is 0.500. The number of carboxylic acids is 1. The Labute approximate surface area is 135 Å². The average molecular weight is 339 g/mol. The minimum atomic E-state index is -3.39. The van der Waals surface area contributed by atoms with E-state index < -0.39 is 33.0 Å². The van der Waals surface area contributed by atoms with E-state index >= 15 is 0 Å². The number of nitrogens with one attached hydrogen (secondary N) is 1. The van der Waals surface area contributed by atoms with Crippen molar-refractivity contribution < 1.29 is 23.1 Å². The lowest BCUT2D eigenvalue weighted by atomic mass is 10.1. The van der Waals surface area contributed by atoms with E-state index in [-0.39, 0.29) is 10.5 Å². The van der Waals surface area contributed by atoms with Crippen molar-refractivity contribution >= 4 is 21.7 Å². The predicted molar refractivity (Wildman–Crippen MR) is 85.0 cm³/mol. The zero-order valence-corrected chi connectivity index (χ0v) is 14.0. The number of carbonyl (C=O) groups excluding carboxylic acids is 1. The molecular formula is C16H21NO5S. The summed E-state index contributed by atoms with van der Waals surface area (Å²) in [6.45, 7) is 3.18. The van der Waals surface area contributed by atoms with Crippen molar-refractivity contribution in [2.45, 2.75) is 49.3 Å². The first-order chi connectivity index (χ1) is 10.7. The number of aliphatic carboxylic acids is 1. The lowest BCUT2D eigenvalue weighted by Crippen LogP contribution is -2.41. The van der Waals surface area contributed by atoms with Crippen LogP contribution in [0.1, 0.15) is 43.5 Å². The molecule has 0 aromatic heterocycles. The molecule has 1 unspecified atom stereocenters. The van der Waals surface area contributed by atoms with Gasteiger partial charge in [0.25, 0.3) is 5.91 Å². The molecular weight excluding hydrogens is 318 g/mol. The third kappa shape index (κ3) is 4.31. The van der Waals surface area contributed by atoms with E-state index in [2.05, 4.69) is 5.32 Å². The van der Waals surface area contributed by atoms with E-state index in [9.17, 15) is 18.0 Å². The van der Waals surface area contributed by atoms with Gasteiger partial charge in [-0.25, -0.2) is 13.2 Å². The van der Waals surface area contributed by atoms with E-state index in [1.165, 1.54) is 24.3 Å². The van der Waals surface area contributed by atoms with Crippen LogP contribution in [0.3, 0.4) is 0 Å². The third-order valence-electron chi connectivity index (χ3n) is 3.94. The fourth-order valence-corrected chi connectivity index (χ4v) is 3.28. The Balaban J connectivity index is 2.09. The lowest BCUT2D eigenvalue weighted by molar-refractivity contribution is -0.139. The molecule has 7 heteroatoms. The van der Waals surface area contributed by atoms with E-state index in [1.54, 1.807) is 13.8 Å². The molecule has 6 nitrogen and oxygen atoms in total. The molecule has 2 N–H and O–H groups in total. The first-order valence-corrected chi connectivity index (χ1v) is 9.14. The topological polar surface area (TPSA) is 101 Å². The van der Waals surface area contributed by atoms with Crippen molar-refractivity contribution in [3.63, 3.8) is 0 Å². The zero-order chi connectivity index (χ0) is 17.2. The molecule has 0 aliphatic heterocycles. The summed E-state index contributed by atoms with van der Waals surface area (Å²) >= 11 is 0.